The van der Waals surface area contributed by atoms with Gasteiger partial charge in [0.15, 0.2) is 0 Å². The van der Waals surface area contributed by atoms with E-state index in [1.54, 1.807) is 11.0 Å². The molecule has 35 heavy (non-hydrogen) atoms. The molecule has 5 N–H and O–H groups in total. The van der Waals surface area contributed by atoms with Gasteiger partial charge in [0.25, 0.3) is 0 Å². The van der Waals surface area contributed by atoms with Crippen LogP contribution >= 0.6 is 11.8 Å². The lowest BCUT2D eigenvalue weighted by Gasteiger charge is -2.29. The number of carbonyl (C=O) groups is 2. The van der Waals surface area contributed by atoms with Gasteiger partial charge < -0.3 is 26.4 Å². The molecule has 0 saturated heterocycles. The van der Waals surface area contributed by atoms with Crippen LogP contribution in [0.15, 0.2) is 52.9 Å². The number of hydrogen-bond acceptors (Lipinski definition) is 5. The summed E-state index contributed by atoms with van der Waals surface area (Å²) >= 11 is 1.37. The minimum Gasteiger partial charge on any atom is -0.435 e. The monoisotopic (exact) mass is 502 g/mol. The lowest BCUT2D eigenvalue weighted by molar-refractivity contribution is -0.120. The number of alkyl halides is 2. The van der Waals surface area contributed by atoms with Crippen LogP contribution in [0.2, 0.25) is 0 Å². The van der Waals surface area contributed by atoms with Crippen molar-refractivity contribution < 1.29 is 23.1 Å². The number of nitrogens with two attached hydrogens (primary N) is 2. The molecule has 0 radical (unpaired) electrons. The van der Waals surface area contributed by atoms with Crippen LogP contribution in [-0.2, 0) is 9.54 Å². The Hall–Kier alpha value is -3.27. The maximum Gasteiger partial charge on any atom is 0.387 e. The first kappa shape index (κ1) is 24.8. The highest BCUT2D eigenvalue weighted by molar-refractivity contribution is 8.05. The molecule has 0 saturated carbocycles. The maximum atomic E-state index is 12.9. The fraction of sp³-hybridized carbons (Fsp3) is 0.360. The molecule has 2 aromatic rings. The Balaban J connectivity index is 1.51. The highest BCUT2D eigenvalue weighted by atomic mass is 32.2. The van der Waals surface area contributed by atoms with E-state index in [1.165, 1.54) is 30.0 Å². The van der Waals surface area contributed by atoms with Crippen molar-refractivity contribution in [1.29, 1.82) is 0 Å². The smallest absolute Gasteiger partial charge is 0.387 e. The van der Waals surface area contributed by atoms with E-state index in [4.69, 9.17) is 11.5 Å². The molecule has 1 unspecified atom stereocenters. The van der Waals surface area contributed by atoms with E-state index < -0.39 is 17.3 Å². The standard InChI is InChI=1S/C25H28F2N4O3S/c1-14(2)15-6-7-20(28)19(10-15)25(22(29)32)12-16-8-9-31(13-21(16)35-25)24(33)30-17-4-3-5-18(11-17)34-23(26)27/h3-7,10-11,14,23H,8-9,12-13,28H2,1-2H3,(H2,29,32)(H,30,33). The fourth-order valence-electron chi connectivity index (χ4n) is 4.44. The highest BCUT2D eigenvalue weighted by Crippen LogP contribution is 2.56. The van der Waals surface area contributed by atoms with Crippen LogP contribution < -0.4 is 21.5 Å². The molecule has 2 aromatic carbocycles. The van der Waals surface area contributed by atoms with E-state index in [0.29, 0.717) is 42.9 Å². The molecule has 0 bridgehead atoms. The minimum absolute atomic E-state index is 0.0414. The molecule has 10 heteroatoms. The Labute approximate surface area is 206 Å². The van der Waals surface area contributed by atoms with Gasteiger partial charge in [-0.3, -0.25) is 4.79 Å². The van der Waals surface area contributed by atoms with Crippen molar-refractivity contribution in [3.63, 3.8) is 0 Å². The zero-order chi connectivity index (χ0) is 25.3. The molecule has 0 spiro atoms. The molecule has 2 aliphatic heterocycles. The first-order valence-electron chi connectivity index (χ1n) is 11.3. The third-order valence-electron chi connectivity index (χ3n) is 6.35. The molecule has 0 aromatic heterocycles. The second-order valence-electron chi connectivity index (χ2n) is 9.01. The van der Waals surface area contributed by atoms with Crippen LogP contribution in [0.25, 0.3) is 0 Å². The molecule has 3 amide bonds. The number of halogens is 2. The number of nitrogens with one attached hydrogen (secondary N) is 1. The number of carbonyl (C=O) groups excluding carboxylic acids is 2. The number of rotatable bonds is 6. The molecule has 1 atom stereocenters. The van der Waals surface area contributed by atoms with Crippen LogP contribution in [0, 0.1) is 0 Å². The lowest BCUT2D eigenvalue weighted by atomic mass is 9.85. The second kappa shape index (κ2) is 9.77. The highest BCUT2D eigenvalue weighted by Gasteiger charge is 2.48. The molecule has 2 aliphatic rings. The third kappa shape index (κ3) is 5.07. The normalized spacial score (nSPS) is 19.8. The number of hydrogen-bond donors (Lipinski definition) is 3. The van der Waals surface area contributed by atoms with Gasteiger partial charge in [-0.25, -0.2) is 4.79 Å². The van der Waals surface area contributed by atoms with Gasteiger partial charge in [-0.05, 0) is 42.5 Å². The van der Waals surface area contributed by atoms with Crippen molar-refractivity contribution in [2.75, 3.05) is 24.1 Å². The molecule has 4 rings (SSSR count). The average Bonchev–Trinajstić information content (AvgIpc) is 3.19. The van der Waals surface area contributed by atoms with E-state index >= 15 is 0 Å². The summed E-state index contributed by atoms with van der Waals surface area (Å²) < 4.78 is 28.4. The van der Waals surface area contributed by atoms with Gasteiger partial charge in [0.2, 0.25) is 5.91 Å². The van der Waals surface area contributed by atoms with Gasteiger partial charge in [-0.15, -0.1) is 11.8 Å². The van der Waals surface area contributed by atoms with Crippen molar-refractivity contribution in [2.45, 2.75) is 44.0 Å². The van der Waals surface area contributed by atoms with Crippen LogP contribution in [-0.4, -0.2) is 36.5 Å². The summed E-state index contributed by atoms with van der Waals surface area (Å²) in [5.74, 6) is -0.242. The summed E-state index contributed by atoms with van der Waals surface area (Å²) in [5.41, 5.74) is 16.0. The second-order valence-corrected chi connectivity index (χ2v) is 10.4. The van der Waals surface area contributed by atoms with Crippen molar-refractivity contribution in [3.05, 3.63) is 64.1 Å². The van der Waals surface area contributed by atoms with Crippen LogP contribution in [0.1, 0.15) is 43.7 Å². The molecule has 0 aliphatic carbocycles. The number of primary amides is 1. The van der Waals surface area contributed by atoms with Crippen molar-refractivity contribution in [1.82, 2.24) is 4.90 Å². The zero-order valence-corrected chi connectivity index (χ0v) is 20.3. The van der Waals surface area contributed by atoms with E-state index in [1.807, 2.05) is 18.2 Å². The van der Waals surface area contributed by atoms with E-state index in [0.717, 1.165) is 16.0 Å². The average molecular weight is 503 g/mol. The number of amides is 3. The topological polar surface area (TPSA) is 111 Å². The third-order valence-corrected chi connectivity index (χ3v) is 7.92. The Kier molecular flexibility index (Phi) is 6.93. The number of urea groups is 1. The van der Waals surface area contributed by atoms with E-state index in [9.17, 15) is 18.4 Å². The summed E-state index contributed by atoms with van der Waals surface area (Å²) in [6.07, 6.45) is 1.06. The largest absolute Gasteiger partial charge is 0.435 e. The fourth-order valence-corrected chi connectivity index (χ4v) is 6.03. The van der Waals surface area contributed by atoms with Gasteiger partial charge in [-0.1, -0.05) is 37.6 Å². The lowest BCUT2D eigenvalue weighted by Crippen LogP contribution is -2.39. The number of nitrogen functional groups attached to an aromatic ring is 1. The number of thioether (sulfide) groups is 1. The maximum absolute atomic E-state index is 12.9. The Morgan fingerprint density at radius 1 is 1.20 bits per heavy atom. The van der Waals surface area contributed by atoms with Crippen molar-refractivity contribution in [3.8, 4) is 5.75 Å². The Bertz CT molecular complexity index is 1190. The first-order chi connectivity index (χ1) is 16.6. The van der Waals surface area contributed by atoms with Gasteiger partial charge in [0.05, 0.1) is 6.54 Å². The molecule has 186 valence electrons. The number of ether oxygens (including phenoxy) is 1. The van der Waals surface area contributed by atoms with Gasteiger partial charge in [-0.2, -0.15) is 8.78 Å². The summed E-state index contributed by atoms with van der Waals surface area (Å²) in [4.78, 5) is 28.3. The predicted octanol–water partition coefficient (Wildman–Crippen LogP) is 5.00. The molecular weight excluding hydrogens is 474 g/mol. The molecular formula is C25H28F2N4O3S. The quantitative estimate of drug-likeness (QED) is 0.482. The zero-order valence-electron chi connectivity index (χ0n) is 19.5. The summed E-state index contributed by atoms with van der Waals surface area (Å²) in [7, 11) is 0. The molecule has 2 heterocycles. The summed E-state index contributed by atoms with van der Waals surface area (Å²) in [6.45, 7) is 1.97. The van der Waals surface area contributed by atoms with Crippen molar-refractivity contribution >= 4 is 35.1 Å². The SMILES string of the molecule is CC(C)c1ccc(N)c(C2(C(N)=O)CC3=C(CN(C(=O)Nc4cccc(OC(F)F)c4)CC3)S2)c1. The number of nitrogens with zero attached hydrogens (tertiary/aromatic N) is 1. The van der Waals surface area contributed by atoms with Crippen LogP contribution in [0.4, 0.5) is 25.0 Å². The molecule has 7 nitrogen and oxygen atoms in total. The Morgan fingerprint density at radius 2 is 1.97 bits per heavy atom. The van der Waals surface area contributed by atoms with Gasteiger partial charge in [0, 0.05) is 34.5 Å². The van der Waals surface area contributed by atoms with Crippen LogP contribution in [0.3, 0.4) is 0 Å². The number of anilines is 2. The first-order valence-corrected chi connectivity index (χ1v) is 12.1. The van der Waals surface area contributed by atoms with E-state index in [-0.39, 0.29) is 17.7 Å². The number of benzene rings is 2. The van der Waals surface area contributed by atoms with Gasteiger partial charge in [0.1, 0.15) is 10.5 Å². The van der Waals surface area contributed by atoms with Crippen molar-refractivity contribution in [2.24, 2.45) is 5.73 Å². The Morgan fingerprint density at radius 3 is 2.66 bits per heavy atom. The minimum atomic E-state index is -2.95. The van der Waals surface area contributed by atoms with Crippen LogP contribution in [0.5, 0.6) is 5.75 Å². The molecule has 0 fully saturated rings. The predicted molar refractivity (Wildman–Crippen MR) is 133 cm³/mol. The van der Waals surface area contributed by atoms with E-state index in [2.05, 4.69) is 23.9 Å². The summed E-state index contributed by atoms with van der Waals surface area (Å²) in [5, 5.41) is 2.73. The summed E-state index contributed by atoms with van der Waals surface area (Å²) in [6, 6.07) is 11.2. The van der Waals surface area contributed by atoms with Gasteiger partial charge >= 0.3 is 12.6 Å².